The van der Waals surface area contributed by atoms with Crippen molar-refractivity contribution in [3.05, 3.63) is 18.2 Å². The Morgan fingerprint density at radius 3 is 2.93 bits per heavy atom. The van der Waals surface area contributed by atoms with Gasteiger partial charge in [0.25, 0.3) is 5.91 Å². The second-order valence-electron chi connectivity index (χ2n) is 4.31. The summed E-state index contributed by atoms with van der Waals surface area (Å²) in [4.78, 5) is 15.6. The zero-order chi connectivity index (χ0) is 10.9. The minimum Gasteiger partial charge on any atom is -0.350 e. The van der Waals surface area contributed by atoms with Gasteiger partial charge in [-0.1, -0.05) is 0 Å². The lowest BCUT2D eigenvalue weighted by Gasteiger charge is -2.12. The number of nitrogens with one attached hydrogen (secondary N) is 1. The van der Waals surface area contributed by atoms with Crippen molar-refractivity contribution in [3.63, 3.8) is 0 Å². The first-order valence-electron chi connectivity index (χ1n) is 5.11. The molecule has 82 valence electrons. The van der Waals surface area contributed by atoms with Crippen molar-refractivity contribution in [1.82, 2.24) is 14.9 Å². The van der Waals surface area contributed by atoms with E-state index in [1.807, 2.05) is 7.05 Å². The molecule has 0 saturated heterocycles. The number of nitrogens with two attached hydrogens (primary N) is 1. The predicted molar refractivity (Wildman–Crippen MR) is 56.3 cm³/mol. The summed E-state index contributed by atoms with van der Waals surface area (Å²) in [6.07, 6.45) is 5.56. The Morgan fingerprint density at radius 1 is 1.73 bits per heavy atom. The molecule has 1 saturated carbocycles. The highest BCUT2D eigenvalue weighted by Gasteiger charge is 2.41. The lowest BCUT2D eigenvalue weighted by atomic mass is 10.1. The van der Waals surface area contributed by atoms with E-state index in [1.165, 1.54) is 0 Å². The molecule has 0 radical (unpaired) electrons. The Bertz CT molecular complexity index is 367. The van der Waals surface area contributed by atoms with Crippen molar-refractivity contribution in [2.75, 3.05) is 13.1 Å². The molecular formula is C10H16N4O. The van der Waals surface area contributed by atoms with Crippen LogP contribution >= 0.6 is 0 Å². The Labute approximate surface area is 88.7 Å². The van der Waals surface area contributed by atoms with Crippen LogP contribution in [0.4, 0.5) is 0 Å². The minimum atomic E-state index is -0.115. The Hall–Kier alpha value is -1.36. The van der Waals surface area contributed by atoms with E-state index >= 15 is 0 Å². The molecule has 2 rings (SSSR count). The first-order valence-corrected chi connectivity index (χ1v) is 5.11. The van der Waals surface area contributed by atoms with E-state index in [-0.39, 0.29) is 11.3 Å². The summed E-state index contributed by atoms with van der Waals surface area (Å²) < 4.78 is 1.75. The number of nitrogens with zero attached hydrogens (tertiary/aromatic N) is 2. The zero-order valence-corrected chi connectivity index (χ0v) is 8.86. The van der Waals surface area contributed by atoms with Gasteiger partial charge < -0.3 is 15.6 Å². The average molecular weight is 208 g/mol. The number of aryl methyl sites for hydroxylation is 1. The minimum absolute atomic E-state index is 0.115. The molecule has 1 aromatic heterocycles. The summed E-state index contributed by atoms with van der Waals surface area (Å²) in [5.74, 6) is -0.115. The van der Waals surface area contributed by atoms with E-state index in [2.05, 4.69) is 10.3 Å². The second kappa shape index (κ2) is 3.66. The summed E-state index contributed by atoms with van der Waals surface area (Å²) in [6.45, 7) is 1.31. The van der Waals surface area contributed by atoms with Crippen LogP contribution in [-0.4, -0.2) is 28.5 Å². The van der Waals surface area contributed by atoms with Crippen LogP contribution in [0.1, 0.15) is 23.3 Å². The van der Waals surface area contributed by atoms with Crippen molar-refractivity contribution < 1.29 is 4.79 Å². The van der Waals surface area contributed by atoms with Gasteiger partial charge >= 0.3 is 0 Å². The molecule has 15 heavy (non-hydrogen) atoms. The van der Waals surface area contributed by atoms with E-state index < -0.39 is 0 Å². The van der Waals surface area contributed by atoms with E-state index in [0.29, 0.717) is 18.8 Å². The fourth-order valence-corrected chi connectivity index (χ4v) is 1.52. The highest BCUT2D eigenvalue weighted by atomic mass is 16.1. The quantitative estimate of drug-likeness (QED) is 0.725. The molecule has 1 fully saturated rings. The molecule has 1 aliphatic carbocycles. The second-order valence-corrected chi connectivity index (χ2v) is 4.31. The Balaban J connectivity index is 1.88. The maximum atomic E-state index is 11.6. The number of amides is 1. The molecule has 1 heterocycles. The van der Waals surface area contributed by atoms with Crippen LogP contribution < -0.4 is 11.1 Å². The predicted octanol–water partition coefficient (Wildman–Crippen LogP) is -0.111. The molecule has 0 spiro atoms. The number of aromatic nitrogens is 2. The summed E-state index contributed by atoms with van der Waals surface area (Å²) >= 11 is 0. The normalized spacial score (nSPS) is 17.5. The van der Waals surface area contributed by atoms with Crippen molar-refractivity contribution in [2.24, 2.45) is 18.2 Å². The third-order valence-electron chi connectivity index (χ3n) is 2.95. The molecule has 0 aliphatic heterocycles. The molecule has 0 bridgehead atoms. The van der Waals surface area contributed by atoms with Crippen molar-refractivity contribution in [3.8, 4) is 0 Å². The smallest absolute Gasteiger partial charge is 0.271 e. The summed E-state index contributed by atoms with van der Waals surface area (Å²) in [6, 6.07) is 0. The zero-order valence-electron chi connectivity index (χ0n) is 8.86. The largest absolute Gasteiger partial charge is 0.350 e. The number of imidazole rings is 1. The molecule has 0 unspecified atom stereocenters. The molecule has 0 atom stereocenters. The number of rotatable bonds is 4. The lowest BCUT2D eigenvalue weighted by Crippen LogP contribution is -2.34. The topological polar surface area (TPSA) is 72.9 Å². The SMILES string of the molecule is Cn1cnc(C(=O)NCC2(CN)CC2)c1. The van der Waals surface area contributed by atoms with Gasteiger partial charge in [0.15, 0.2) is 0 Å². The molecule has 1 aliphatic rings. The standard InChI is InChI=1S/C10H16N4O/c1-14-4-8(13-7-14)9(15)12-6-10(5-11)2-3-10/h4,7H,2-3,5-6,11H2,1H3,(H,12,15). The van der Waals surface area contributed by atoms with Crippen molar-refractivity contribution in [2.45, 2.75) is 12.8 Å². The van der Waals surface area contributed by atoms with Crippen molar-refractivity contribution in [1.29, 1.82) is 0 Å². The van der Waals surface area contributed by atoms with E-state index in [1.54, 1.807) is 17.1 Å². The number of hydrogen-bond acceptors (Lipinski definition) is 3. The average Bonchev–Trinajstić information content (AvgIpc) is 2.90. The molecule has 5 nitrogen and oxygen atoms in total. The van der Waals surface area contributed by atoms with Crippen LogP contribution in [0.2, 0.25) is 0 Å². The number of carbonyl (C=O) groups is 1. The first-order chi connectivity index (χ1) is 7.15. The summed E-state index contributed by atoms with van der Waals surface area (Å²) in [5, 5.41) is 2.87. The molecule has 1 aromatic rings. The van der Waals surface area contributed by atoms with Crippen LogP contribution in [0, 0.1) is 5.41 Å². The Morgan fingerprint density at radius 2 is 2.47 bits per heavy atom. The summed E-state index contributed by atoms with van der Waals surface area (Å²) in [7, 11) is 1.84. The van der Waals surface area contributed by atoms with Crippen molar-refractivity contribution >= 4 is 5.91 Å². The van der Waals surface area contributed by atoms with E-state index in [9.17, 15) is 4.79 Å². The number of hydrogen-bond donors (Lipinski definition) is 2. The fraction of sp³-hybridized carbons (Fsp3) is 0.600. The summed E-state index contributed by atoms with van der Waals surface area (Å²) in [5.41, 5.74) is 6.26. The fourth-order valence-electron chi connectivity index (χ4n) is 1.52. The van der Waals surface area contributed by atoms with Crippen LogP contribution in [0.15, 0.2) is 12.5 Å². The first kappa shape index (κ1) is 10.2. The third kappa shape index (κ3) is 2.18. The van der Waals surface area contributed by atoms with Gasteiger partial charge in [-0.05, 0) is 19.4 Å². The van der Waals surface area contributed by atoms with Crippen LogP contribution in [0.3, 0.4) is 0 Å². The van der Waals surface area contributed by atoms with E-state index in [4.69, 9.17) is 5.73 Å². The highest BCUT2D eigenvalue weighted by molar-refractivity contribution is 5.92. The van der Waals surface area contributed by atoms with Gasteiger partial charge in [0.1, 0.15) is 5.69 Å². The van der Waals surface area contributed by atoms with Crippen LogP contribution in [0.25, 0.3) is 0 Å². The van der Waals surface area contributed by atoms with Gasteiger partial charge in [0.05, 0.1) is 6.33 Å². The maximum absolute atomic E-state index is 11.6. The highest BCUT2D eigenvalue weighted by Crippen LogP contribution is 2.43. The molecule has 3 N–H and O–H groups in total. The van der Waals surface area contributed by atoms with Gasteiger partial charge in [0.2, 0.25) is 0 Å². The maximum Gasteiger partial charge on any atom is 0.271 e. The van der Waals surface area contributed by atoms with Gasteiger partial charge in [-0.15, -0.1) is 0 Å². The third-order valence-corrected chi connectivity index (χ3v) is 2.95. The molecule has 1 amide bonds. The molecule has 5 heteroatoms. The van der Waals surface area contributed by atoms with Crippen LogP contribution in [-0.2, 0) is 7.05 Å². The van der Waals surface area contributed by atoms with E-state index in [0.717, 1.165) is 12.8 Å². The monoisotopic (exact) mass is 208 g/mol. The van der Waals surface area contributed by atoms with Gasteiger partial charge in [-0.2, -0.15) is 0 Å². The van der Waals surface area contributed by atoms with Crippen LogP contribution in [0.5, 0.6) is 0 Å². The Kier molecular flexibility index (Phi) is 2.48. The van der Waals surface area contributed by atoms with Gasteiger partial charge in [-0.25, -0.2) is 4.98 Å². The van der Waals surface area contributed by atoms with Gasteiger partial charge in [0, 0.05) is 25.2 Å². The molecular weight excluding hydrogens is 192 g/mol. The number of carbonyl (C=O) groups excluding carboxylic acids is 1. The molecule has 0 aromatic carbocycles. The van der Waals surface area contributed by atoms with Gasteiger partial charge in [-0.3, -0.25) is 4.79 Å². The lowest BCUT2D eigenvalue weighted by molar-refractivity contribution is 0.0941.